The van der Waals surface area contributed by atoms with Gasteiger partial charge in [-0.25, -0.2) is 0 Å². The second-order valence-electron chi connectivity index (χ2n) is 5.98. The first-order valence-corrected chi connectivity index (χ1v) is 7.01. The second-order valence-corrected chi connectivity index (χ2v) is 5.98. The summed E-state index contributed by atoms with van der Waals surface area (Å²) < 4.78 is 5.33. The monoisotopic (exact) mass is 273 g/mol. The summed E-state index contributed by atoms with van der Waals surface area (Å²) >= 11 is 0. The first-order valence-electron chi connectivity index (χ1n) is 7.01. The molecule has 0 saturated heterocycles. The highest BCUT2D eigenvalue weighted by atomic mass is 16.6. The number of carbonyl (C=O) groups excluding carboxylic acids is 1. The van der Waals surface area contributed by atoms with Crippen LogP contribution in [-0.2, 0) is 22.4 Å². The first kappa shape index (κ1) is 16.2. The number of rotatable bonds is 4. The molecule has 0 saturated carbocycles. The topological polar surface area (TPSA) is 50.1 Å². The van der Waals surface area contributed by atoms with Gasteiger partial charge in [0.15, 0.2) is 0 Å². The van der Waals surface area contributed by atoms with Crippen LogP contribution in [0.4, 0.5) is 0 Å². The summed E-state index contributed by atoms with van der Waals surface area (Å²) in [5.41, 5.74) is 3.62. The van der Waals surface area contributed by atoms with Crippen LogP contribution in [0.25, 0.3) is 0 Å². The van der Waals surface area contributed by atoms with E-state index < -0.39 is 5.60 Å². The number of carbonyl (C=O) groups is 1. The molecule has 0 amide bonds. The fourth-order valence-electron chi connectivity index (χ4n) is 2.25. The van der Waals surface area contributed by atoms with Gasteiger partial charge in [-0.1, -0.05) is 6.92 Å². The van der Waals surface area contributed by atoms with Crippen LogP contribution in [0, 0.1) is 18.3 Å². The van der Waals surface area contributed by atoms with Crippen molar-refractivity contribution in [1.29, 1.82) is 5.26 Å². The summed E-state index contributed by atoms with van der Waals surface area (Å²) in [6.07, 6.45) is 1.90. The smallest absolute Gasteiger partial charge is 0.306 e. The lowest BCUT2D eigenvalue weighted by Crippen LogP contribution is -2.24. The first-order chi connectivity index (χ1) is 9.26. The third-order valence-corrected chi connectivity index (χ3v) is 3.07. The van der Waals surface area contributed by atoms with Crippen molar-refractivity contribution in [2.45, 2.75) is 59.5 Å². The predicted molar refractivity (Wildman–Crippen MR) is 79.4 cm³/mol. The van der Waals surface area contributed by atoms with Gasteiger partial charge in [0.2, 0.25) is 0 Å². The fourth-order valence-corrected chi connectivity index (χ4v) is 2.25. The van der Waals surface area contributed by atoms with Gasteiger partial charge >= 0.3 is 5.97 Å². The molecule has 0 N–H and O–H groups in total. The number of esters is 1. The molecule has 0 aliphatic rings. The molecule has 3 heteroatoms. The van der Waals surface area contributed by atoms with E-state index in [0.29, 0.717) is 18.4 Å². The van der Waals surface area contributed by atoms with Crippen molar-refractivity contribution in [3.8, 4) is 6.07 Å². The molecule has 3 nitrogen and oxygen atoms in total. The van der Waals surface area contributed by atoms with Crippen LogP contribution < -0.4 is 0 Å². The molecule has 0 atom stereocenters. The van der Waals surface area contributed by atoms with Gasteiger partial charge in [0.1, 0.15) is 5.60 Å². The van der Waals surface area contributed by atoms with Crippen LogP contribution >= 0.6 is 0 Å². The summed E-state index contributed by atoms with van der Waals surface area (Å²) in [4.78, 5) is 11.8. The summed E-state index contributed by atoms with van der Waals surface area (Å²) in [6.45, 7) is 9.66. The maximum Gasteiger partial charge on any atom is 0.306 e. The van der Waals surface area contributed by atoms with E-state index in [1.165, 1.54) is 0 Å². The molecule has 1 aromatic carbocycles. The lowest BCUT2D eigenvalue weighted by Gasteiger charge is -2.20. The van der Waals surface area contributed by atoms with Crippen molar-refractivity contribution in [1.82, 2.24) is 0 Å². The number of nitriles is 1. The van der Waals surface area contributed by atoms with Gasteiger partial charge in [-0.2, -0.15) is 5.26 Å². The van der Waals surface area contributed by atoms with Crippen molar-refractivity contribution in [3.05, 3.63) is 34.4 Å². The molecule has 108 valence electrons. The quantitative estimate of drug-likeness (QED) is 0.786. The Kier molecular flexibility index (Phi) is 5.33. The Morgan fingerprint density at radius 2 is 2.00 bits per heavy atom. The van der Waals surface area contributed by atoms with Gasteiger partial charge < -0.3 is 4.74 Å². The van der Waals surface area contributed by atoms with Crippen LogP contribution in [0.3, 0.4) is 0 Å². The van der Waals surface area contributed by atoms with Gasteiger partial charge in [0.05, 0.1) is 11.6 Å². The molecule has 0 radical (unpaired) electrons. The van der Waals surface area contributed by atoms with E-state index in [0.717, 1.165) is 23.1 Å². The fraction of sp³-hybridized carbons (Fsp3) is 0.529. The summed E-state index contributed by atoms with van der Waals surface area (Å²) in [5, 5.41) is 8.99. The molecule has 1 rings (SSSR count). The molecular formula is C17H23NO2. The minimum Gasteiger partial charge on any atom is -0.460 e. The normalized spacial score (nSPS) is 11.0. The molecule has 0 bridgehead atoms. The van der Waals surface area contributed by atoms with E-state index in [2.05, 4.69) is 13.0 Å². The third kappa shape index (κ3) is 4.70. The van der Waals surface area contributed by atoms with Crippen molar-refractivity contribution in [3.63, 3.8) is 0 Å². The van der Waals surface area contributed by atoms with Crippen LogP contribution in [0.2, 0.25) is 0 Å². The zero-order valence-electron chi connectivity index (χ0n) is 13.0. The molecular weight excluding hydrogens is 250 g/mol. The van der Waals surface area contributed by atoms with Crippen molar-refractivity contribution in [2.75, 3.05) is 0 Å². The average molecular weight is 273 g/mol. The highest BCUT2D eigenvalue weighted by molar-refractivity contribution is 5.70. The van der Waals surface area contributed by atoms with E-state index in [1.54, 1.807) is 0 Å². The molecule has 1 aromatic rings. The van der Waals surface area contributed by atoms with Gasteiger partial charge in [-0.3, -0.25) is 4.79 Å². The highest BCUT2D eigenvalue weighted by Gasteiger charge is 2.17. The Balaban J connectivity index is 2.83. The minimum atomic E-state index is -0.440. The summed E-state index contributed by atoms with van der Waals surface area (Å²) in [7, 11) is 0. The maximum atomic E-state index is 11.8. The average Bonchev–Trinajstić information content (AvgIpc) is 2.34. The molecule has 0 unspecified atom stereocenters. The number of nitrogens with zero attached hydrogens (tertiary/aromatic N) is 1. The lowest BCUT2D eigenvalue weighted by molar-refractivity contribution is -0.154. The number of hydrogen-bond acceptors (Lipinski definition) is 3. The van der Waals surface area contributed by atoms with Gasteiger partial charge in [0.25, 0.3) is 0 Å². The molecule has 20 heavy (non-hydrogen) atoms. The van der Waals surface area contributed by atoms with Crippen LogP contribution in [0.1, 0.15) is 56.4 Å². The Hall–Kier alpha value is -1.82. The molecule has 0 aromatic heterocycles. The standard InChI is InChI=1S/C17H23NO2/c1-6-14-10-13(11-18)9-12(2)15(14)7-8-16(19)20-17(3,4)5/h9-10H,6-8H2,1-5H3. The van der Waals surface area contributed by atoms with Gasteiger partial charge in [0, 0.05) is 6.42 Å². The van der Waals surface area contributed by atoms with E-state index in [-0.39, 0.29) is 5.97 Å². The molecule has 0 heterocycles. The van der Waals surface area contributed by atoms with E-state index >= 15 is 0 Å². The molecule has 0 aliphatic carbocycles. The molecule has 0 aliphatic heterocycles. The third-order valence-electron chi connectivity index (χ3n) is 3.07. The number of benzene rings is 1. The predicted octanol–water partition coefficient (Wildman–Crippen LogP) is 3.70. The SMILES string of the molecule is CCc1cc(C#N)cc(C)c1CCC(=O)OC(C)(C)C. The lowest BCUT2D eigenvalue weighted by atomic mass is 9.94. The largest absolute Gasteiger partial charge is 0.460 e. The van der Waals surface area contributed by atoms with E-state index in [1.807, 2.05) is 39.8 Å². The molecule has 0 spiro atoms. The van der Waals surface area contributed by atoms with Crippen LogP contribution in [-0.4, -0.2) is 11.6 Å². The summed E-state index contributed by atoms with van der Waals surface area (Å²) in [5.74, 6) is -0.177. The Bertz CT molecular complexity index is 533. The zero-order chi connectivity index (χ0) is 15.3. The second kappa shape index (κ2) is 6.56. The van der Waals surface area contributed by atoms with E-state index in [4.69, 9.17) is 10.00 Å². The van der Waals surface area contributed by atoms with Gasteiger partial charge in [-0.05, 0) is 69.4 Å². The Morgan fingerprint density at radius 1 is 1.35 bits per heavy atom. The van der Waals surface area contributed by atoms with Crippen LogP contribution in [0.5, 0.6) is 0 Å². The number of ether oxygens (including phenoxy) is 1. The molecule has 0 fully saturated rings. The Morgan fingerprint density at radius 3 is 2.50 bits per heavy atom. The van der Waals surface area contributed by atoms with E-state index in [9.17, 15) is 4.79 Å². The van der Waals surface area contributed by atoms with Crippen molar-refractivity contribution >= 4 is 5.97 Å². The maximum absolute atomic E-state index is 11.8. The number of aryl methyl sites for hydroxylation is 2. The Labute approximate surface area is 121 Å². The van der Waals surface area contributed by atoms with Crippen LogP contribution in [0.15, 0.2) is 12.1 Å². The zero-order valence-corrected chi connectivity index (χ0v) is 13.0. The van der Waals surface area contributed by atoms with Crippen molar-refractivity contribution in [2.24, 2.45) is 0 Å². The summed E-state index contributed by atoms with van der Waals surface area (Å²) in [6, 6.07) is 5.97. The van der Waals surface area contributed by atoms with Crippen molar-refractivity contribution < 1.29 is 9.53 Å². The highest BCUT2D eigenvalue weighted by Crippen LogP contribution is 2.20. The minimum absolute atomic E-state index is 0.177. The van der Waals surface area contributed by atoms with Gasteiger partial charge in [-0.15, -0.1) is 0 Å². The number of hydrogen-bond donors (Lipinski definition) is 0.